The van der Waals surface area contributed by atoms with Crippen molar-refractivity contribution < 1.29 is 0 Å². The van der Waals surface area contributed by atoms with E-state index >= 15 is 0 Å². The van der Waals surface area contributed by atoms with Gasteiger partial charge in [0.15, 0.2) is 0 Å². The monoisotopic (exact) mass is 235 g/mol. The lowest BCUT2D eigenvalue weighted by Crippen LogP contribution is -2.04. The van der Waals surface area contributed by atoms with Crippen molar-refractivity contribution in [2.24, 2.45) is 0 Å². The molecule has 2 heterocycles. The van der Waals surface area contributed by atoms with Gasteiger partial charge in [0.2, 0.25) is 0 Å². The summed E-state index contributed by atoms with van der Waals surface area (Å²) in [6.45, 7) is 4.77. The van der Waals surface area contributed by atoms with Gasteiger partial charge in [-0.1, -0.05) is 17.7 Å². The second-order valence-electron chi connectivity index (χ2n) is 3.86. The number of nitrogens with zero attached hydrogens (tertiary/aromatic N) is 2. The van der Waals surface area contributed by atoms with Gasteiger partial charge < -0.3 is 10.3 Å². The first-order valence-corrected chi connectivity index (χ1v) is 5.48. The summed E-state index contributed by atoms with van der Waals surface area (Å²) in [6.07, 6.45) is 3.62. The Morgan fingerprint density at radius 3 is 2.75 bits per heavy atom. The first kappa shape index (κ1) is 11.0. The molecule has 2 aromatic rings. The third-order valence-corrected chi connectivity index (χ3v) is 3.25. The summed E-state index contributed by atoms with van der Waals surface area (Å²) >= 11 is 6.07. The normalized spacial score (nSPS) is 10.7. The van der Waals surface area contributed by atoms with E-state index in [9.17, 15) is 0 Å². The molecule has 16 heavy (non-hydrogen) atoms. The number of hydrogen-bond acceptors (Lipinski definition) is 2. The number of rotatable bonds is 2. The first-order chi connectivity index (χ1) is 7.59. The Morgan fingerprint density at radius 2 is 2.19 bits per heavy atom. The van der Waals surface area contributed by atoms with E-state index in [0.717, 1.165) is 21.8 Å². The van der Waals surface area contributed by atoms with Crippen molar-refractivity contribution >= 4 is 17.4 Å². The molecule has 0 radical (unpaired) electrons. The Hall–Kier alpha value is -1.48. The van der Waals surface area contributed by atoms with Gasteiger partial charge >= 0.3 is 0 Å². The SMILES string of the molecule is Cc1c(Cl)cn(Cc2cccnc2N)c1C. The zero-order valence-electron chi connectivity index (χ0n) is 9.37. The zero-order valence-corrected chi connectivity index (χ0v) is 10.1. The van der Waals surface area contributed by atoms with Crippen LogP contribution in [0.5, 0.6) is 0 Å². The maximum Gasteiger partial charge on any atom is 0.128 e. The summed E-state index contributed by atoms with van der Waals surface area (Å²) in [7, 11) is 0. The maximum atomic E-state index is 6.07. The van der Waals surface area contributed by atoms with Crippen molar-refractivity contribution in [2.45, 2.75) is 20.4 Å². The van der Waals surface area contributed by atoms with Crippen molar-refractivity contribution in [3.05, 3.63) is 46.4 Å². The van der Waals surface area contributed by atoms with Crippen LogP contribution in [0.3, 0.4) is 0 Å². The van der Waals surface area contributed by atoms with Crippen LogP contribution in [-0.4, -0.2) is 9.55 Å². The summed E-state index contributed by atoms with van der Waals surface area (Å²) in [5.41, 5.74) is 9.09. The van der Waals surface area contributed by atoms with Gasteiger partial charge in [-0.3, -0.25) is 0 Å². The number of hydrogen-bond donors (Lipinski definition) is 1. The third-order valence-electron chi connectivity index (χ3n) is 2.87. The standard InChI is InChI=1S/C12H14ClN3/c1-8-9(2)16(7-11(8)13)6-10-4-3-5-15-12(10)14/h3-5,7H,6H2,1-2H3,(H2,14,15). The number of nitrogens with two attached hydrogens (primary N) is 1. The van der Waals surface area contributed by atoms with Gasteiger partial charge in [0.25, 0.3) is 0 Å². The van der Waals surface area contributed by atoms with E-state index < -0.39 is 0 Å². The van der Waals surface area contributed by atoms with E-state index in [-0.39, 0.29) is 0 Å². The van der Waals surface area contributed by atoms with E-state index in [0.29, 0.717) is 12.4 Å². The van der Waals surface area contributed by atoms with Crippen LogP contribution in [0.1, 0.15) is 16.8 Å². The minimum Gasteiger partial charge on any atom is -0.383 e. The molecule has 0 saturated carbocycles. The van der Waals surface area contributed by atoms with Crippen LogP contribution in [0.4, 0.5) is 5.82 Å². The summed E-state index contributed by atoms with van der Waals surface area (Å²) in [6, 6.07) is 3.87. The predicted octanol–water partition coefficient (Wildman–Crippen LogP) is 2.78. The van der Waals surface area contributed by atoms with Gasteiger partial charge in [0, 0.05) is 23.7 Å². The largest absolute Gasteiger partial charge is 0.383 e. The second-order valence-corrected chi connectivity index (χ2v) is 4.27. The highest BCUT2D eigenvalue weighted by Crippen LogP contribution is 2.22. The predicted molar refractivity (Wildman–Crippen MR) is 66.7 cm³/mol. The maximum absolute atomic E-state index is 6.07. The van der Waals surface area contributed by atoms with Gasteiger partial charge in [-0.25, -0.2) is 4.98 Å². The van der Waals surface area contributed by atoms with Crippen molar-refractivity contribution in [1.82, 2.24) is 9.55 Å². The van der Waals surface area contributed by atoms with E-state index in [4.69, 9.17) is 17.3 Å². The molecule has 0 aliphatic carbocycles. The number of pyridine rings is 1. The first-order valence-electron chi connectivity index (χ1n) is 5.11. The van der Waals surface area contributed by atoms with Crippen LogP contribution in [0, 0.1) is 13.8 Å². The molecule has 0 bridgehead atoms. The fraction of sp³-hybridized carbons (Fsp3) is 0.250. The molecule has 0 aliphatic heterocycles. The Kier molecular flexibility index (Phi) is 2.88. The highest BCUT2D eigenvalue weighted by Gasteiger charge is 2.08. The molecular formula is C12H14ClN3. The third kappa shape index (κ3) is 1.91. The molecule has 84 valence electrons. The number of nitrogen functional groups attached to an aromatic ring is 1. The minimum atomic E-state index is 0.573. The number of halogens is 1. The summed E-state index contributed by atoms with van der Waals surface area (Å²) < 4.78 is 2.09. The van der Waals surface area contributed by atoms with E-state index in [2.05, 4.69) is 9.55 Å². The molecule has 0 fully saturated rings. The number of aromatic nitrogens is 2. The van der Waals surface area contributed by atoms with Crippen molar-refractivity contribution in [1.29, 1.82) is 0 Å². The molecule has 3 nitrogen and oxygen atoms in total. The van der Waals surface area contributed by atoms with Crippen molar-refractivity contribution in [3.8, 4) is 0 Å². The van der Waals surface area contributed by atoms with Gasteiger partial charge in [0.05, 0.1) is 11.6 Å². The lowest BCUT2D eigenvalue weighted by atomic mass is 10.2. The molecule has 0 atom stereocenters. The van der Waals surface area contributed by atoms with Gasteiger partial charge in [-0.05, 0) is 25.5 Å². The van der Waals surface area contributed by atoms with Gasteiger partial charge in [-0.15, -0.1) is 0 Å². The fourth-order valence-electron chi connectivity index (χ4n) is 1.65. The van der Waals surface area contributed by atoms with Crippen LogP contribution >= 0.6 is 11.6 Å². The lowest BCUT2D eigenvalue weighted by Gasteiger charge is -2.08. The summed E-state index contributed by atoms with van der Waals surface area (Å²) in [5.74, 6) is 0.573. The van der Waals surface area contributed by atoms with Crippen LogP contribution < -0.4 is 5.73 Å². The summed E-state index contributed by atoms with van der Waals surface area (Å²) in [5, 5.41) is 0.792. The molecule has 2 rings (SSSR count). The average molecular weight is 236 g/mol. The van der Waals surface area contributed by atoms with E-state index in [1.165, 1.54) is 0 Å². The Labute approximate surface area is 99.9 Å². The Bertz CT molecular complexity index is 517. The lowest BCUT2D eigenvalue weighted by molar-refractivity contribution is 0.772. The molecule has 0 aliphatic rings. The molecule has 0 spiro atoms. The molecule has 4 heteroatoms. The zero-order chi connectivity index (χ0) is 11.7. The van der Waals surface area contributed by atoms with Gasteiger partial charge in [0.1, 0.15) is 5.82 Å². The van der Waals surface area contributed by atoms with Crippen LogP contribution in [0.2, 0.25) is 5.02 Å². The molecule has 0 aromatic carbocycles. The molecule has 2 aromatic heterocycles. The molecular weight excluding hydrogens is 222 g/mol. The highest BCUT2D eigenvalue weighted by atomic mass is 35.5. The number of anilines is 1. The Balaban J connectivity index is 2.34. The molecule has 0 unspecified atom stereocenters. The van der Waals surface area contributed by atoms with E-state index in [1.807, 2.05) is 32.2 Å². The minimum absolute atomic E-state index is 0.573. The van der Waals surface area contributed by atoms with Crippen LogP contribution in [0.15, 0.2) is 24.5 Å². The summed E-state index contributed by atoms with van der Waals surface area (Å²) in [4.78, 5) is 4.07. The molecule has 2 N–H and O–H groups in total. The second kappa shape index (κ2) is 4.18. The van der Waals surface area contributed by atoms with Gasteiger partial charge in [-0.2, -0.15) is 0 Å². The van der Waals surface area contributed by atoms with Crippen molar-refractivity contribution in [3.63, 3.8) is 0 Å². The van der Waals surface area contributed by atoms with Crippen LogP contribution in [-0.2, 0) is 6.54 Å². The average Bonchev–Trinajstić information content (AvgIpc) is 2.50. The fourth-order valence-corrected chi connectivity index (χ4v) is 1.91. The smallest absolute Gasteiger partial charge is 0.128 e. The molecule has 0 amide bonds. The Morgan fingerprint density at radius 1 is 1.44 bits per heavy atom. The van der Waals surface area contributed by atoms with Crippen LogP contribution in [0.25, 0.3) is 0 Å². The van der Waals surface area contributed by atoms with Crippen molar-refractivity contribution in [2.75, 3.05) is 5.73 Å². The van der Waals surface area contributed by atoms with E-state index in [1.54, 1.807) is 6.20 Å². The topological polar surface area (TPSA) is 43.8 Å². The molecule has 0 saturated heterocycles. The highest BCUT2D eigenvalue weighted by molar-refractivity contribution is 6.31. The quantitative estimate of drug-likeness (QED) is 0.870.